The van der Waals surface area contributed by atoms with Crippen molar-refractivity contribution in [3.8, 4) is 11.5 Å². The Hall–Kier alpha value is -5.30. The van der Waals surface area contributed by atoms with Crippen LogP contribution in [0.5, 0.6) is 11.5 Å². The molecule has 2 N–H and O–H groups in total. The molecule has 5 fully saturated rings. The maximum Gasteiger partial charge on any atom is 0.426 e. The second-order valence-electron chi connectivity index (χ2n) is 31.3. The van der Waals surface area contributed by atoms with Crippen LogP contribution in [0.15, 0.2) is 155 Å². The lowest BCUT2D eigenvalue weighted by atomic mass is 9.48. The molecule has 16 nitrogen and oxygen atoms in total. The summed E-state index contributed by atoms with van der Waals surface area (Å²) in [5.41, 5.74) is -0.524. The van der Waals surface area contributed by atoms with Gasteiger partial charge in [0.05, 0.1) is 59.0 Å². The Labute approximate surface area is 670 Å². The van der Waals surface area contributed by atoms with Gasteiger partial charge >= 0.3 is 30.1 Å². The largest absolute Gasteiger partial charge is 0.748 e. The van der Waals surface area contributed by atoms with Gasteiger partial charge in [-0.15, -0.1) is 0 Å². The summed E-state index contributed by atoms with van der Waals surface area (Å²) in [6.45, 7) is 31.0. The van der Waals surface area contributed by atoms with Crippen molar-refractivity contribution in [2.24, 2.45) is 28.1 Å². The molecule has 6 aromatic rings. The van der Waals surface area contributed by atoms with Crippen molar-refractivity contribution in [1.29, 1.82) is 0 Å². The summed E-state index contributed by atoms with van der Waals surface area (Å²) in [4.78, 5) is 66.2. The standard InChI is InChI=1S/C22H23S.C20H29F3O7S.C12H22O2.C11H16O.C10H7I3O4.C7H12N2/c1-22(2,3)18-14-16-21(17-15-18)23(19-10-6-4-7-11-19)20-12-8-5-9-13-20;1-4-17(2,3)15(24)30-19-8-12-5-13(9-19)7-18(6-12,11-19)16(25)29-14(20(21,22)23)10-31(26,27)28;1-5-11(2,3)10(13)14-12(4)8-6-7-9-12;1-4-11(2,3)9-6-5-7-10(12)8-9;11-5-3-7(13)8(4-6(5)12)17-10(16)2-1-9(14)15;1-3-7(2)9-5-4-8-6-9/h4-17H,1-3H3;12-14H,4-11H2,1-3H3,(H,26,27,28);5-9H2,1-4H3;5-8,12H,4H2,1-3H3;3-4H,1-2H2,(H,14,15);4-7H,3H2,1-2H3/q+1;;;;;/p-1. The molecule has 5 saturated carbocycles. The number of phenolic OH excluding ortho intramolecular Hbond substituents is 1. The summed E-state index contributed by atoms with van der Waals surface area (Å²) in [5.74, 6) is -4.49. The predicted octanol–water partition coefficient (Wildman–Crippen LogP) is 19.0. The van der Waals surface area contributed by atoms with Crippen molar-refractivity contribution < 1.29 is 83.8 Å². The molecule has 5 aliphatic carbocycles. The number of hydrogen-bond acceptors (Lipinski definition) is 14. The molecule has 0 aliphatic heterocycles. The Balaban J connectivity index is 0.000000239. The number of H-pyrrole nitrogens is 1. The quantitative estimate of drug-likeness (QED) is 0.00995. The molecule has 5 aromatic carbocycles. The van der Waals surface area contributed by atoms with E-state index in [0.717, 1.165) is 42.8 Å². The number of carbonyl (C=O) groups is 5. The molecule has 0 radical (unpaired) electrons. The number of rotatable bonds is 21. The van der Waals surface area contributed by atoms with E-state index >= 15 is 0 Å². The van der Waals surface area contributed by atoms with Crippen LogP contribution in [0.2, 0.25) is 0 Å². The van der Waals surface area contributed by atoms with Crippen molar-refractivity contribution in [2.75, 3.05) is 5.75 Å². The van der Waals surface area contributed by atoms with Crippen molar-refractivity contribution in [3.05, 3.63) is 162 Å². The van der Waals surface area contributed by atoms with E-state index in [1.54, 1.807) is 26.0 Å². The zero-order chi connectivity index (χ0) is 79.4. The van der Waals surface area contributed by atoms with E-state index in [2.05, 4.69) is 235 Å². The highest BCUT2D eigenvalue weighted by Crippen LogP contribution is 2.64. The van der Waals surface area contributed by atoms with Gasteiger partial charge < -0.3 is 38.5 Å². The fourth-order valence-corrected chi connectivity index (χ4v) is 17.7. The number of aromatic amines is 1. The first kappa shape index (κ1) is 91.3. The van der Waals surface area contributed by atoms with E-state index in [1.165, 1.54) is 45.1 Å². The Morgan fingerprint density at radius 1 is 0.679 bits per heavy atom. The van der Waals surface area contributed by atoms with Gasteiger partial charge in [-0.1, -0.05) is 123 Å². The van der Waals surface area contributed by atoms with Gasteiger partial charge in [0.1, 0.15) is 35.1 Å². The average molecular weight is 1850 g/mol. The fourth-order valence-electron chi connectivity index (χ4n) is 12.9. The molecular formula is C82H108F3I3N2O14S2. The Morgan fingerprint density at radius 3 is 1.65 bits per heavy atom. The highest BCUT2D eigenvalue weighted by molar-refractivity contribution is 14.1. The zero-order valence-electron chi connectivity index (χ0n) is 63.9. The minimum absolute atomic E-state index is 0.00100. The van der Waals surface area contributed by atoms with Gasteiger partial charge in [-0.25, -0.2) is 13.0 Å². The molecule has 0 saturated heterocycles. The summed E-state index contributed by atoms with van der Waals surface area (Å²) in [5, 5.41) is 19.5. The SMILES string of the molecule is CC(C)(C)c1ccc([S+](c2ccccc2)c2ccccc2)cc1.CCC(C)(C)C(=O)OC1(C)CCCC1.CCC(C)(C)C(=O)OC12CC3CC(C1)CC(C(=O)OC(CS(=O)(=O)[O-])C(F)(F)F)(C3)C2.CCC(C)(C)c1cccc(O)c1.CCC(C)[n+]1cc[nH]c1.O=C([O-])CCC(=O)Oc1cc(I)c(I)cc1I. The number of carbonyl (C=O) groups excluding carboxylic acids is 5. The number of esters is 4. The average Bonchev–Trinajstić information content (AvgIpc) is 0.763. The number of aromatic nitrogens is 2. The minimum Gasteiger partial charge on any atom is -0.748 e. The first-order valence-electron chi connectivity index (χ1n) is 36.3. The highest BCUT2D eigenvalue weighted by atomic mass is 127. The van der Waals surface area contributed by atoms with Crippen LogP contribution in [0.1, 0.15) is 224 Å². The van der Waals surface area contributed by atoms with Crippen molar-refractivity contribution in [1.82, 2.24) is 4.98 Å². The Morgan fingerprint density at radius 2 is 1.20 bits per heavy atom. The summed E-state index contributed by atoms with van der Waals surface area (Å²) >= 11 is 6.39. The van der Waals surface area contributed by atoms with Crippen LogP contribution in [-0.2, 0) is 70.0 Å². The number of carboxylic acid groups (broad SMARTS) is 1. The number of hydrogen-bond donors (Lipinski definition) is 2. The number of nitrogens with one attached hydrogen (secondary N) is 1. The van der Waals surface area contributed by atoms with E-state index < -0.39 is 68.5 Å². The molecule has 584 valence electrons. The smallest absolute Gasteiger partial charge is 0.426 e. The maximum absolute atomic E-state index is 13.3. The minimum atomic E-state index is -5.27. The lowest BCUT2D eigenvalue weighted by Gasteiger charge is -2.60. The number of aliphatic carboxylic acids is 1. The Bertz CT molecular complexity index is 3890. The van der Waals surface area contributed by atoms with Gasteiger partial charge in [0.15, 0.2) is 14.7 Å². The second-order valence-corrected chi connectivity index (χ2v) is 38.3. The van der Waals surface area contributed by atoms with E-state index in [9.17, 15) is 60.3 Å². The number of halogens is 6. The van der Waals surface area contributed by atoms with Gasteiger partial charge in [0.2, 0.25) is 12.4 Å². The molecule has 5 aliphatic rings. The number of alkyl halides is 3. The number of phenols is 1. The maximum atomic E-state index is 13.3. The highest BCUT2D eigenvalue weighted by Gasteiger charge is 2.64. The van der Waals surface area contributed by atoms with Crippen LogP contribution in [0.3, 0.4) is 0 Å². The summed E-state index contributed by atoms with van der Waals surface area (Å²) < 4.78 is 98.8. The number of nitrogens with zero attached hydrogens (tertiary/aromatic N) is 1. The number of ether oxygens (including phenoxy) is 4. The molecule has 0 amide bonds. The summed E-state index contributed by atoms with van der Waals surface area (Å²) in [6, 6.07) is 42.5. The molecule has 0 spiro atoms. The van der Waals surface area contributed by atoms with Crippen molar-refractivity contribution in [2.45, 2.75) is 262 Å². The number of benzene rings is 5. The number of aromatic hydroxyl groups is 1. The third-order valence-electron chi connectivity index (χ3n) is 20.4. The van der Waals surface area contributed by atoms with Crippen LogP contribution in [0.4, 0.5) is 13.2 Å². The third-order valence-corrected chi connectivity index (χ3v) is 27.0. The lowest BCUT2D eigenvalue weighted by Crippen LogP contribution is -2.61. The van der Waals surface area contributed by atoms with Crippen LogP contribution in [-0.4, -0.2) is 82.1 Å². The van der Waals surface area contributed by atoms with Gasteiger partial charge in [0.25, 0.3) is 0 Å². The van der Waals surface area contributed by atoms with Gasteiger partial charge in [-0.3, -0.25) is 24.2 Å². The molecule has 4 unspecified atom stereocenters. The van der Waals surface area contributed by atoms with E-state index in [0.29, 0.717) is 49.6 Å². The summed E-state index contributed by atoms with van der Waals surface area (Å²) in [6.07, 6.45) is 7.85. The van der Waals surface area contributed by atoms with E-state index in [4.69, 9.17) is 14.2 Å². The van der Waals surface area contributed by atoms with Gasteiger partial charge in [-0.05, 0) is 294 Å². The molecule has 4 atom stereocenters. The fraction of sp³-hybridized carbons (Fsp3) is 0.537. The third kappa shape index (κ3) is 27.9. The molecule has 4 bridgehead atoms. The summed E-state index contributed by atoms with van der Waals surface area (Å²) in [7, 11) is -5.32. The molecular weight excluding hydrogens is 1740 g/mol. The molecule has 1 heterocycles. The van der Waals surface area contributed by atoms with E-state index in [-0.39, 0.29) is 69.8 Å². The normalized spacial score (nSPS) is 19.2. The molecule has 24 heteroatoms. The van der Waals surface area contributed by atoms with Crippen LogP contribution < -0.4 is 14.4 Å². The first-order valence-corrected chi connectivity index (χ1v) is 42.3. The topological polar surface area (TPSA) is 242 Å². The van der Waals surface area contributed by atoms with Crippen molar-refractivity contribution >= 4 is 119 Å². The Kier molecular flexibility index (Phi) is 34.1. The first-order chi connectivity index (χ1) is 49.2. The van der Waals surface area contributed by atoms with Crippen LogP contribution in [0.25, 0.3) is 0 Å². The molecule has 1 aromatic heterocycles. The molecule has 11 rings (SSSR count). The zero-order valence-corrected chi connectivity index (χ0v) is 72.0. The van der Waals surface area contributed by atoms with Crippen LogP contribution >= 0.6 is 67.8 Å². The second kappa shape index (κ2) is 39.6. The van der Waals surface area contributed by atoms with Gasteiger partial charge in [-0.2, -0.15) is 13.2 Å². The van der Waals surface area contributed by atoms with Crippen LogP contribution in [0, 0.1) is 38.8 Å². The number of imidazole rings is 1. The monoisotopic (exact) mass is 1850 g/mol. The number of carboxylic acids is 1. The predicted molar refractivity (Wildman–Crippen MR) is 430 cm³/mol. The van der Waals surface area contributed by atoms with Crippen molar-refractivity contribution in [3.63, 3.8) is 0 Å². The lowest BCUT2D eigenvalue weighted by molar-refractivity contribution is -0.718. The van der Waals surface area contributed by atoms with Gasteiger partial charge in [0, 0.05) is 19.5 Å². The van der Waals surface area contributed by atoms with E-state index in [1.807, 2.05) is 64.6 Å². The molecule has 106 heavy (non-hydrogen) atoms.